The van der Waals surface area contributed by atoms with E-state index in [-0.39, 0.29) is 0 Å². The van der Waals surface area contributed by atoms with Gasteiger partial charge in [0.2, 0.25) is 0 Å². The summed E-state index contributed by atoms with van der Waals surface area (Å²) in [5, 5.41) is 8.58. The van der Waals surface area contributed by atoms with Crippen molar-refractivity contribution in [2.24, 2.45) is 0 Å². The molecule has 0 saturated heterocycles. The smallest absolute Gasteiger partial charge is 0.303 e. The highest BCUT2D eigenvalue weighted by Crippen LogP contribution is 2.13. The number of carbonyl (C=O) groups is 1. The standard InChI is InChI=1S/C18H37NO2/c1-4-6-15-19(3,16-7-5-2)17-13-11-9-8-10-12-14-18(20)21/h4-17H2,1-3H3/p+1. The Morgan fingerprint density at radius 3 is 1.67 bits per heavy atom. The van der Waals surface area contributed by atoms with Gasteiger partial charge in [0.25, 0.3) is 0 Å². The summed E-state index contributed by atoms with van der Waals surface area (Å²) in [5.41, 5.74) is 0. The van der Waals surface area contributed by atoms with Crippen LogP contribution in [0.2, 0.25) is 0 Å². The molecule has 0 aliphatic heterocycles. The number of quaternary nitrogens is 1. The first-order valence-electron chi connectivity index (χ1n) is 9.09. The van der Waals surface area contributed by atoms with Crippen LogP contribution in [0.5, 0.6) is 0 Å². The molecule has 0 unspecified atom stereocenters. The average molecular weight is 301 g/mol. The van der Waals surface area contributed by atoms with Gasteiger partial charge in [-0.25, -0.2) is 0 Å². The van der Waals surface area contributed by atoms with E-state index in [1.165, 1.54) is 75.5 Å². The van der Waals surface area contributed by atoms with E-state index in [9.17, 15) is 4.79 Å². The Labute approximate surface area is 132 Å². The van der Waals surface area contributed by atoms with Gasteiger partial charge < -0.3 is 9.59 Å². The van der Waals surface area contributed by atoms with Crippen LogP contribution in [0.3, 0.4) is 0 Å². The monoisotopic (exact) mass is 300 g/mol. The molecule has 0 aromatic rings. The van der Waals surface area contributed by atoms with Gasteiger partial charge in [0, 0.05) is 6.42 Å². The lowest BCUT2D eigenvalue weighted by Crippen LogP contribution is -2.46. The maximum Gasteiger partial charge on any atom is 0.303 e. The minimum atomic E-state index is -0.657. The van der Waals surface area contributed by atoms with Crippen molar-refractivity contribution in [2.75, 3.05) is 26.7 Å². The molecule has 0 rings (SSSR count). The van der Waals surface area contributed by atoms with Gasteiger partial charge in [-0.2, -0.15) is 0 Å². The summed E-state index contributed by atoms with van der Waals surface area (Å²) < 4.78 is 1.25. The molecule has 126 valence electrons. The third-order valence-electron chi connectivity index (χ3n) is 4.44. The number of unbranched alkanes of at least 4 members (excludes halogenated alkanes) is 7. The normalized spacial score (nSPS) is 11.8. The number of rotatable bonds is 15. The van der Waals surface area contributed by atoms with Crippen LogP contribution in [0.15, 0.2) is 0 Å². The molecular formula is C18H38NO2+. The number of hydrogen-bond acceptors (Lipinski definition) is 1. The average Bonchev–Trinajstić information content (AvgIpc) is 2.45. The Kier molecular flexibility index (Phi) is 12.8. The van der Waals surface area contributed by atoms with E-state index in [1.807, 2.05) is 0 Å². The number of hydrogen-bond donors (Lipinski definition) is 1. The van der Waals surface area contributed by atoms with Gasteiger partial charge >= 0.3 is 5.97 Å². The molecule has 21 heavy (non-hydrogen) atoms. The SMILES string of the molecule is CCCC[N+](C)(CCCC)CCCCCCCCC(=O)O. The molecule has 0 aliphatic carbocycles. The predicted molar refractivity (Wildman–Crippen MR) is 90.6 cm³/mol. The number of aliphatic carboxylic acids is 1. The number of carboxylic acid groups (broad SMARTS) is 1. The highest BCUT2D eigenvalue weighted by atomic mass is 16.4. The summed E-state index contributed by atoms with van der Waals surface area (Å²) in [6, 6.07) is 0. The highest BCUT2D eigenvalue weighted by molar-refractivity contribution is 5.66. The fraction of sp³-hybridized carbons (Fsp3) is 0.944. The molecular weight excluding hydrogens is 262 g/mol. The molecule has 0 bridgehead atoms. The Morgan fingerprint density at radius 2 is 1.19 bits per heavy atom. The van der Waals surface area contributed by atoms with Crippen molar-refractivity contribution in [2.45, 2.75) is 84.5 Å². The van der Waals surface area contributed by atoms with Crippen molar-refractivity contribution < 1.29 is 14.4 Å². The first-order valence-corrected chi connectivity index (χ1v) is 9.09. The topological polar surface area (TPSA) is 37.3 Å². The van der Waals surface area contributed by atoms with Gasteiger partial charge in [0.15, 0.2) is 0 Å². The van der Waals surface area contributed by atoms with Crippen molar-refractivity contribution in [3.05, 3.63) is 0 Å². The molecule has 0 spiro atoms. The molecule has 3 nitrogen and oxygen atoms in total. The Balaban J connectivity index is 3.69. The molecule has 0 aliphatic rings. The van der Waals surface area contributed by atoms with Crippen molar-refractivity contribution >= 4 is 5.97 Å². The third-order valence-corrected chi connectivity index (χ3v) is 4.44. The Hall–Kier alpha value is -0.570. The van der Waals surface area contributed by atoms with Crippen LogP contribution < -0.4 is 0 Å². The molecule has 0 saturated carbocycles. The van der Waals surface area contributed by atoms with Crippen molar-refractivity contribution in [3.63, 3.8) is 0 Å². The van der Waals surface area contributed by atoms with Crippen molar-refractivity contribution in [1.82, 2.24) is 0 Å². The van der Waals surface area contributed by atoms with Crippen molar-refractivity contribution in [1.29, 1.82) is 0 Å². The molecule has 0 atom stereocenters. The van der Waals surface area contributed by atoms with Crippen molar-refractivity contribution in [3.8, 4) is 0 Å². The van der Waals surface area contributed by atoms with Gasteiger partial charge in [-0.05, 0) is 32.1 Å². The minimum Gasteiger partial charge on any atom is -0.481 e. The fourth-order valence-corrected chi connectivity index (χ4v) is 2.89. The second-order valence-electron chi connectivity index (χ2n) is 6.76. The van der Waals surface area contributed by atoms with Crippen LogP contribution in [0.25, 0.3) is 0 Å². The zero-order chi connectivity index (χ0) is 16.0. The van der Waals surface area contributed by atoms with Gasteiger partial charge in [-0.15, -0.1) is 0 Å². The van der Waals surface area contributed by atoms with E-state index in [0.717, 1.165) is 12.8 Å². The first kappa shape index (κ1) is 20.4. The van der Waals surface area contributed by atoms with Crippen LogP contribution in [0.1, 0.15) is 84.5 Å². The quantitative estimate of drug-likeness (QED) is 0.347. The molecule has 0 amide bonds. The van der Waals surface area contributed by atoms with Crippen LogP contribution in [0.4, 0.5) is 0 Å². The zero-order valence-electron chi connectivity index (χ0n) is 14.7. The highest BCUT2D eigenvalue weighted by Gasteiger charge is 2.19. The summed E-state index contributed by atoms with van der Waals surface area (Å²) in [5.74, 6) is -0.657. The lowest BCUT2D eigenvalue weighted by molar-refractivity contribution is -0.910. The lowest BCUT2D eigenvalue weighted by atomic mass is 10.1. The van der Waals surface area contributed by atoms with E-state index in [2.05, 4.69) is 20.9 Å². The van der Waals surface area contributed by atoms with E-state index in [0.29, 0.717) is 6.42 Å². The maximum atomic E-state index is 10.4. The molecule has 0 aromatic carbocycles. The number of nitrogens with zero attached hydrogens (tertiary/aromatic N) is 1. The van der Waals surface area contributed by atoms with Gasteiger partial charge in [0.05, 0.1) is 26.7 Å². The number of carboxylic acids is 1. The van der Waals surface area contributed by atoms with Crippen LogP contribution in [-0.4, -0.2) is 42.2 Å². The summed E-state index contributed by atoms with van der Waals surface area (Å²) >= 11 is 0. The zero-order valence-corrected chi connectivity index (χ0v) is 14.7. The summed E-state index contributed by atoms with van der Waals surface area (Å²) in [7, 11) is 2.43. The molecule has 0 fully saturated rings. The van der Waals surface area contributed by atoms with Crippen LogP contribution in [-0.2, 0) is 4.79 Å². The van der Waals surface area contributed by atoms with E-state index >= 15 is 0 Å². The summed E-state index contributed by atoms with van der Waals surface area (Å²) in [6.45, 7) is 8.53. The Morgan fingerprint density at radius 1 is 0.762 bits per heavy atom. The third kappa shape index (κ3) is 12.9. The molecule has 0 aromatic heterocycles. The van der Waals surface area contributed by atoms with Gasteiger partial charge in [-0.3, -0.25) is 4.79 Å². The second-order valence-corrected chi connectivity index (χ2v) is 6.76. The van der Waals surface area contributed by atoms with E-state index in [4.69, 9.17) is 5.11 Å². The first-order chi connectivity index (χ1) is 10.0. The van der Waals surface area contributed by atoms with Gasteiger partial charge in [0.1, 0.15) is 0 Å². The summed E-state index contributed by atoms with van der Waals surface area (Å²) in [4.78, 5) is 10.4. The second kappa shape index (κ2) is 13.1. The Bertz CT molecular complexity index is 246. The van der Waals surface area contributed by atoms with E-state index in [1.54, 1.807) is 0 Å². The molecule has 0 heterocycles. The van der Waals surface area contributed by atoms with Crippen LogP contribution >= 0.6 is 0 Å². The predicted octanol–water partition coefficient (Wildman–Crippen LogP) is 4.85. The van der Waals surface area contributed by atoms with E-state index < -0.39 is 5.97 Å². The lowest BCUT2D eigenvalue weighted by Gasteiger charge is -2.35. The van der Waals surface area contributed by atoms with Gasteiger partial charge in [-0.1, -0.05) is 46.0 Å². The largest absolute Gasteiger partial charge is 0.481 e. The van der Waals surface area contributed by atoms with Crippen LogP contribution in [0, 0.1) is 0 Å². The fourth-order valence-electron chi connectivity index (χ4n) is 2.89. The summed E-state index contributed by atoms with van der Waals surface area (Å²) in [6.07, 6.45) is 12.6. The molecule has 3 heteroatoms. The minimum absolute atomic E-state index is 0.336. The molecule has 1 N–H and O–H groups in total. The maximum absolute atomic E-state index is 10.4. The molecule has 0 radical (unpaired) electrons.